The summed E-state index contributed by atoms with van der Waals surface area (Å²) in [5, 5.41) is 2.82. The molecule has 96 valence electrons. The Kier molecular flexibility index (Phi) is 5.61. The highest BCUT2D eigenvalue weighted by Gasteiger charge is 2.12. The smallest absolute Gasteiger partial charge is 0.212 e. The molecule has 2 N–H and O–H groups in total. The molecule has 0 aromatic heterocycles. The molecule has 0 bridgehead atoms. The van der Waals surface area contributed by atoms with Crippen LogP contribution in [0.3, 0.4) is 0 Å². The van der Waals surface area contributed by atoms with Crippen LogP contribution in [-0.2, 0) is 10.0 Å². The van der Waals surface area contributed by atoms with Crippen molar-refractivity contribution in [2.45, 2.75) is 12.8 Å². The zero-order valence-corrected chi connectivity index (χ0v) is 11.1. The van der Waals surface area contributed by atoms with E-state index in [1.165, 1.54) is 0 Å². The molecule has 0 aliphatic carbocycles. The van der Waals surface area contributed by atoms with Crippen molar-refractivity contribution in [2.75, 3.05) is 25.9 Å². The first-order valence-corrected chi connectivity index (χ1v) is 7.37. The maximum atomic E-state index is 11.6. The second kappa shape index (κ2) is 6.74. The van der Waals surface area contributed by atoms with Gasteiger partial charge < -0.3 is 5.32 Å². The van der Waals surface area contributed by atoms with Crippen molar-refractivity contribution in [3.63, 3.8) is 0 Å². The van der Waals surface area contributed by atoms with Gasteiger partial charge >= 0.3 is 0 Å². The van der Waals surface area contributed by atoms with Crippen molar-refractivity contribution in [1.82, 2.24) is 10.0 Å². The van der Waals surface area contributed by atoms with E-state index in [-0.39, 0.29) is 11.7 Å². The van der Waals surface area contributed by atoms with E-state index in [1.807, 2.05) is 37.3 Å². The fraction of sp³-hybridized carbons (Fsp3) is 0.500. The maximum Gasteiger partial charge on any atom is 0.212 e. The predicted molar refractivity (Wildman–Crippen MR) is 70.6 cm³/mol. The molecule has 0 aliphatic rings. The highest BCUT2D eigenvalue weighted by Crippen LogP contribution is 2.13. The van der Waals surface area contributed by atoms with Crippen LogP contribution < -0.4 is 10.0 Å². The Bertz CT molecular complexity index is 417. The van der Waals surface area contributed by atoms with Crippen molar-refractivity contribution < 1.29 is 8.42 Å². The highest BCUT2D eigenvalue weighted by atomic mass is 32.2. The van der Waals surface area contributed by atoms with Crippen LogP contribution in [0.15, 0.2) is 30.3 Å². The quantitative estimate of drug-likeness (QED) is 0.763. The van der Waals surface area contributed by atoms with E-state index in [0.29, 0.717) is 13.1 Å². The van der Waals surface area contributed by atoms with Crippen LogP contribution in [0.4, 0.5) is 0 Å². The molecular weight excluding hydrogens is 236 g/mol. The van der Waals surface area contributed by atoms with Gasteiger partial charge in [-0.25, -0.2) is 13.1 Å². The van der Waals surface area contributed by atoms with Gasteiger partial charge in [0.2, 0.25) is 10.0 Å². The number of benzene rings is 1. The van der Waals surface area contributed by atoms with Crippen LogP contribution in [0.2, 0.25) is 0 Å². The topological polar surface area (TPSA) is 58.2 Å². The molecule has 0 spiro atoms. The summed E-state index contributed by atoms with van der Waals surface area (Å²) in [7, 11) is -1.42. The standard InChI is InChI=1S/C12H20N2O2S/c1-11(12-6-4-3-5-7-12)10-14-17(15,16)9-8-13-2/h3-7,11,13-14H,8-10H2,1-2H3. The van der Waals surface area contributed by atoms with Crippen molar-refractivity contribution in [2.24, 2.45) is 0 Å². The van der Waals surface area contributed by atoms with Crippen LogP contribution in [0.25, 0.3) is 0 Å². The minimum absolute atomic E-state index is 0.116. The average Bonchev–Trinajstić information content (AvgIpc) is 2.35. The van der Waals surface area contributed by atoms with Crippen LogP contribution in [-0.4, -0.2) is 34.3 Å². The zero-order chi connectivity index (χ0) is 12.7. The second-order valence-corrected chi connectivity index (χ2v) is 6.01. The van der Waals surface area contributed by atoms with E-state index in [2.05, 4.69) is 10.0 Å². The summed E-state index contributed by atoms with van der Waals surface area (Å²) in [6, 6.07) is 9.88. The summed E-state index contributed by atoms with van der Waals surface area (Å²) in [6.07, 6.45) is 0. The van der Waals surface area contributed by atoms with Crippen LogP contribution >= 0.6 is 0 Å². The van der Waals surface area contributed by atoms with Crippen LogP contribution in [0.5, 0.6) is 0 Å². The van der Waals surface area contributed by atoms with Gasteiger partial charge in [-0.1, -0.05) is 37.3 Å². The lowest BCUT2D eigenvalue weighted by molar-refractivity contribution is 0.572. The monoisotopic (exact) mass is 256 g/mol. The molecule has 1 rings (SSSR count). The molecule has 1 aromatic carbocycles. The minimum Gasteiger partial charge on any atom is -0.319 e. The van der Waals surface area contributed by atoms with E-state index in [0.717, 1.165) is 5.56 Å². The molecule has 0 aliphatic heterocycles. The summed E-state index contributed by atoms with van der Waals surface area (Å²) in [5.74, 6) is 0.297. The van der Waals surface area contributed by atoms with E-state index in [1.54, 1.807) is 7.05 Å². The molecule has 0 saturated heterocycles. The van der Waals surface area contributed by atoms with E-state index < -0.39 is 10.0 Å². The van der Waals surface area contributed by atoms with Gasteiger partial charge in [0.05, 0.1) is 5.75 Å². The number of sulfonamides is 1. The third-order valence-corrected chi connectivity index (χ3v) is 3.95. The van der Waals surface area contributed by atoms with Gasteiger partial charge in [-0.3, -0.25) is 0 Å². The molecule has 0 saturated carbocycles. The van der Waals surface area contributed by atoms with Gasteiger partial charge in [-0.05, 0) is 18.5 Å². The Balaban J connectivity index is 2.46. The molecular formula is C12H20N2O2S. The predicted octanol–water partition coefficient (Wildman–Crippen LogP) is 0.929. The zero-order valence-electron chi connectivity index (χ0n) is 10.3. The number of hydrogen-bond acceptors (Lipinski definition) is 3. The molecule has 17 heavy (non-hydrogen) atoms. The number of hydrogen-bond donors (Lipinski definition) is 2. The molecule has 0 amide bonds. The molecule has 5 heteroatoms. The first-order valence-electron chi connectivity index (χ1n) is 5.72. The lowest BCUT2D eigenvalue weighted by Gasteiger charge is -2.13. The Morgan fingerprint density at radius 3 is 2.47 bits per heavy atom. The molecule has 1 unspecified atom stereocenters. The highest BCUT2D eigenvalue weighted by molar-refractivity contribution is 7.89. The van der Waals surface area contributed by atoms with Gasteiger partial charge in [-0.2, -0.15) is 0 Å². The summed E-state index contributed by atoms with van der Waals surface area (Å²) in [4.78, 5) is 0. The van der Waals surface area contributed by atoms with Crippen molar-refractivity contribution in [3.8, 4) is 0 Å². The van der Waals surface area contributed by atoms with Crippen molar-refractivity contribution in [1.29, 1.82) is 0 Å². The Morgan fingerprint density at radius 2 is 1.88 bits per heavy atom. The summed E-state index contributed by atoms with van der Waals surface area (Å²) in [5.41, 5.74) is 1.14. The Morgan fingerprint density at radius 1 is 1.24 bits per heavy atom. The van der Waals surface area contributed by atoms with Gasteiger partial charge in [-0.15, -0.1) is 0 Å². The summed E-state index contributed by atoms with van der Waals surface area (Å²) in [6.45, 7) is 2.92. The van der Waals surface area contributed by atoms with E-state index in [4.69, 9.17) is 0 Å². The third kappa shape index (κ3) is 5.30. The van der Waals surface area contributed by atoms with Crippen LogP contribution in [0.1, 0.15) is 18.4 Å². The molecule has 0 fully saturated rings. The maximum absolute atomic E-state index is 11.6. The summed E-state index contributed by atoms with van der Waals surface area (Å²) < 4.78 is 25.8. The lowest BCUT2D eigenvalue weighted by atomic mass is 10.0. The van der Waals surface area contributed by atoms with Gasteiger partial charge in [0.25, 0.3) is 0 Å². The lowest BCUT2D eigenvalue weighted by Crippen LogP contribution is -2.33. The summed E-state index contributed by atoms with van der Waals surface area (Å²) >= 11 is 0. The van der Waals surface area contributed by atoms with Gasteiger partial charge in [0.15, 0.2) is 0 Å². The molecule has 4 nitrogen and oxygen atoms in total. The van der Waals surface area contributed by atoms with Crippen molar-refractivity contribution >= 4 is 10.0 Å². The second-order valence-electron chi connectivity index (χ2n) is 4.08. The SMILES string of the molecule is CNCCS(=O)(=O)NCC(C)c1ccccc1. The molecule has 1 atom stereocenters. The average molecular weight is 256 g/mol. The van der Waals surface area contributed by atoms with Crippen molar-refractivity contribution in [3.05, 3.63) is 35.9 Å². The van der Waals surface area contributed by atoms with Crippen LogP contribution in [0, 0.1) is 0 Å². The molecule has 0 heterocycles. The molecule has 0 radical (unpaired) electrons. The van der Waals surface area contributed by atoms with Gasteiger partial charge in [0, 0.05) is 13.1 Å². The third-order valence-electron chi connectivity index (χ3n) is 2.60. The Labute approximate surface area is 103 Å². The van der Waals surface area contributed by atoms with E-state index >= 15 is 0 Å². The fourth-order valence-corrected chi connectivity index (χ4v) is 2.58. The fourth-order valence-electron chi connectivity index (χ4n) is 1.46. The first-order chi connectivity index (χ1) is 8.05. The van der Waals surface area contributed by atoms with E-state index in [9.17, 15) is 8.42 Å². The Hall–Kier alpha value is -0.910. The largest absolute Gasteiger partial charge is 0.319 e. The number of nitrogens with one attached hydrogen (secondary N) is 2. The first kappa shape index (κ1) is 14.2. The molecule has 1 aromatic rings. The minimum atomic E-state index is -3.16. The normalized spacial score (nSPS) is 13.5. The number of rotatable bonds is 7. The van der Waals surface area contributed by atoms with Gasteiger partial charge in [0.1, 0.15) is 0 Å².